The van der Waals surface area contributed by atoms with Gasteiger partial charge in [-0.3, -0.25) is 0 Å². The van der Waals surface area contributed by atoms with E-state index < -0.39 is 0 Å². The minimum atomic E-state index is -0.317. The van der Waals surface area contributed by atoms with Gasteiger partial charge >= 0.3 is 5.97 Å². The maximum Gasteiger partial charge on any atom is 0.340 e. The maximum atomic E-state index is 12.3. The second kappa shape index (κ2) is 8.06. The molecule has 0 saturated heterocycles. The van der Waals surface area contributed by atoms with E-state index in [9.17, 15) is 4.79 Å². The van der Waals surface area contributed by atoms with Gasteiger partial charge in [0.15, 0.2) is 11.5 Å². The molecule has 0 aliphatic carbocycles. The smallest absolute Gasteiger partial charge is 0.340 e. The molecule has 148 valence electrons. The topological polar surface area (TPSA) is 73.4 Å². The molecule has 0 amide bonds. The molecule has 1 N–H and O–H groups in total. The van der Waals surface area contributed by atoms with Gasteiger partial charge < -0.3 is 19.2 Å². The highest BCUT2D eigenvalue weighted by atomic mass is 32.1. The van der Waals surface area contributed by atoms with Crippen molar-refractivity contribution >= 4 is 17.3 Å². The quantitative estimate of drug-likeness (QED) is 0.594. The van der Waals surface area contributed by atoms with Crippen LogP contribution in [-0.4, -0.2) is 36.8 Å². The number of aromatic amines is 1. The molecule has 0 radical (unpaired) electrons. The number of hydrogen-bond donors (Lipinski definition) is 1. The van der Waals surface area contributed by atoms with E-state index in [1.807, 2.05) is 39.0 Å². The van der Waals surface area contributed by atoms with Crippen LogP contribution in [0.5, 0.6) is 11.5 Å². The average molecular weight is 401 g/mol. The number of carbonyl (C=O) groups is 1. The molecular weight excluding hydrogens is 376 g/mol. The Morgan fingerprint density at radius 1 is 1.18 bits per heavy atom. The Morgan fingerprint density at radius 3 is 2.57 bits per heavy atom. The molecule has 3 aromatic rings. The summed E-state index contributed by atoms with van der Waals surface area (Å²) in [7, 11) is 3.23. The molecule has 2 heterocycles. The number of nitrogens with one attached hydrogen (secondary N) is 1. The lowest BCUT2D eigenvalue weighted by atomic mass is 10.1. The maximum absolute atomic E-state index is 12.3. The molecule has 28 heavy (non-hydrogen) atoms. The molecule has 0 fully saturated rings. The van der Waals surface area contributed by atoms with Crippen LogP contribution >= 0.6 is 11.3 Å². The van der Waals surface area contributed by atoms with E-state index in [1.165, 1.54) is 0 Å². The average Bonchev–Trinajstić information content (AvgIpc) is 3.20. The first-order valence-corrected chi connectivity index (χ1v) is 9.79. The number of para-hydroxylation sites is 1. The molecule has 0 aliphatic heterocycles. The molecule has 2 aromatic heterocycles. The minimum Gasteiger partial charge on any atom is -0.493 e. The van der Waals surface area contributed by atoms with Crippen molar-refractivity contribution in [3.8, 4) is 33.5 Å². The Balaban J connectivity index is 2.10. The van der Waals surface area contributed by atoms with Crippen LogP contribution in [0.4, 0.5) is 0 Å². The Bertz CT molecular complexity index is 1020. The minimum absolute atomic E-state index is 0.317. The van der Waals surface area contributed by atoms with Gasteiger partial charge in [-0.2, -0.15) is 0 Å². The fourth-order valence-electron chi connectivity index (χ4n) is 3.30. The summed E-state index contributed by atoms with van der Waals surface area (Å²) < 4.78 is 16.1. The van der Waals surface area contributed by atoms with Gasteiger partial charge in [0.05, 0.1) is 37.6 Å². The fourth-order valence-corrected chi connectivity index (χ4v) is 4.24. The summed E-state index contributed by atoms with van der Waals surface area (Å²) in [6.45, 7) is 7.94. The molecule has 6 nitrogen and oxygen atoms in total. The summed E-state index contributed by atoms with van der Waals surface area (Å²) in [6.07, 6.45) is 0. The van der Waals surface area contributed by atoms with Gasteiger partial charge in [-0.1, -0.05) is 6.07 Å². The molecule has 0 aliphatic rings. The van der Waals surface area contributed by atoms with E-state index in [1.54, 1.807) is 32.5 Å². The zero-order valence-electron chi connectivity index (χ0n) is 16.9. The lowest BCUT2D eigenvalue weighted by Gasteiger charge is -2.10. The number of carbonyl (C=O) groups excluding carboxylic acids is 1. The third kappa shape index (κ3) is 3.38. The molecular formula is C21H24N2O4S. The second-order valence-corrected chi connectivity index (χ2v) is 7.51. The monoisotopic (exact) mass is 400 g/mol. The summed E-state index contributed by atoms with van der Waals surface area (Å²) in [5.41, 5.74) is 4.72. The van der Waals surface area contributed by atoms with Crippen LogP contribution < -0.4 is 9.47 Å². The van der Waals surface area contributed by atoms with Crippen LogP contribution in [0.25, 0.3) is 22.0 Å². The summed E-state index contributed by atoms with van der Waals surface area (Å²) in [6, 6.07) is 5.73. The molecule has 7 heteroatoms. The van der Waals surface area contributed by atoms with Gasteiger partial charge in [-0.15, -0.1) is 11.3 Å². The second-order valence-electron chi connectivity index (χ2n) is 6.31. The van der Waals surface area contributed by atoms with Crippen molar-refractivity contribution in [2.24, 2.45) is 0 Å². The van der Waals surface area contributed by atoms with Crippen molar-refractivity contribution in [1.29, 1.82) is 0 Å². The van der Waals surface area contributed by atoms with E-state index in [0.29, 0.717) is 23.7 Å². The number of thiazole rings is 1. The molecule has 0 spiro atoms. The predicted octanol–water partition coefficient (Wildman–Crippen LogP) is 4.92. The Morgan fingerprint density at radius 2 is 1.93 bits per heavy atom. The van der Waals surface area contributed by atoms with Gasteiger partial charge in [0.1, 0.15) is 10.7 Å². The lowest BCUT2D eigenvalue weighted by Crippen LogP contribution is -2.06. The highest BCUT2D eigenvalue weighted by Crippen LogP contribution is 2.42. The first-order chi connectivity index (χ1) is 13.4. The summed E-state index contributed by atoms with van der Waals surface area (Å²) in [5, 5.41) is 0.826. The zero-order valence-corrected chi connectivity index (χ0v) is 17.7. The van der Waals surface area contributed by atoms with Crippen molar-refractivity contribution in [2.45, 2.75) is 27.7 Å². The normalized spacial score (nSPS) is 10.8. The summed E-state index contributed by atoms with van der Waals surface area (Å²) in [5.74, 6) is 0.991. The largest absolute Gasteiger partial charge is 0.493 e. The molecule has 0 unspecified atom stereocenters. The van der Waals surface area contributed by atoms with Crippen LogP contribution in [-0.2, 0) is 4.74 Å². The number of benzene rings is 1. The summed E-state index contributed by atoms with van der Waals surface area (Å²) in [4.78, 5) is 21.5. The number of esters is 1. The Hall–Kier alpha value is -2.80. The Labute approximate surface area is 168 Å². The van der Waals surface area contributed by atoms with Crippen molar-refractivity contribution in [2.75, 3.05) is 20.8 Å². The van der Waals surface area contributed by atoms with Crippen molar-refractivity contribution < 1.29 is 19.0 Å². The number of nitrogens with zero attached hydrogens (tertiary/aromatic N) is 1. The number of rotatable bonds is 6. The lowest BCUT2D eigenvalue weighted by molar-refractivity contribution is 0.0525. The molecule has 0 atom stereocenters. The van der Waals surface area contributed by atoms with E-state index in [2.05, 4.69) is 4.98 Å². The van der Waals surface area contributed by atoms with E-state index in [0.717, 1.165) is 38.1 Å². The third-order valence-corrected chi connectivity index (χ3v) is 5.59. The van der Waals surface area contributed by atoms with Gasteiger partial charge in [-0.05, 0) is 45.4 Å². The molecule has 1 aromatic carbocycles. The fraction of sp³-hybridized carbons (Fsp3) is 0.333. The number of aromatic nitrogens is 2. The highest BCUT2D eigenvalue weighted by Gasteiger charge is 2.24. The predicted molar refractivity (Wildman–Crippen MR) is 111 cm³/mol. The zero-order chi connectivity index (χ0) is 20.4. The first-order valence-electron chi connectivity index (χ1n) is 8.98. The van der Waals surface area contributed by atoms with E-state index in [4.69, 9.17) is 19.2 Å². The Kier molecular flexibility index (Phi) is 5.74. The number of methoxy groups -OCH3 is 2. The molecule has 3 rings (SSSR count). The number of H-pyrrole nitrogens is 1. The van der Waals surface area contributed by atoms with Gasteiger partial charge in [0, 0.05) is 10.6 Å². The molecule has 0 saturated carbocycles. The number of ether oxygens (including phenoxy) is 3. The van der Waals surface area contributed by atoms with Gasteiger partial charge in [-0.25, -0.2) is 9.78 Å². The molecule has 0 bridgehead atoms. The van der Waals surface area contributed by atoms with Gasteiger partial charge in [0.25, 0.3) is 0 Å². The summed E-state index contributed by atoms with van der Waals surface area (Å²) >= 11 is 1.57. The van der Waals surface area contributed by atoms with Crippen molar-refractivity contribution in [3.63, 3.8) is 0 Å². The van der Waals surface area contributed by atoms with Crippen LogP contribution in [0.1, 0.15) is 33.4 Å². The van der Waals surface area contributed by atoms with E-state index >= 15 is 0 Å². The van der Waals surface area contributed by atoms with Crippen molar-refractivity contribution in [1.82, 2.24) is 9.97 Å². The van der Waals surface area contributed by atoms with Crippen molar-refractivity contribution in [3.05, 3.63) is 39.9 Å². The first kappa shape index (κ1) is 19.9. The number of aryl methyl sites for hydroxylation is 2. The van der Waals surface area contributed by atoms with E-state index in [-0.39, 0.29) is 5.97 Å². The van der Waals surface area contributed by atoms with Crippen LogP contribution in [0.15, 0.2) is 18.2 Å². The standard InChI is InChI=1S/C21H24N2O4S/c1-7-27-21(24)16-11(2)17(22-12(16)3)18-13(4)28-20(23-18)14-9-8-10-15(25-5)19(14)26-6/h8-10,22H,7H2,1-6H3. The highest BCUT2D eigenvalue weighted by molar-refractivity contribution is 7.15. The van der Waals surface area contributed by atoms with Crippen LogP contribution in [0.3, 0.4) is 0 Å². The SMILES string of the molecule is CCOC(=O)c1c(C)[nH]c(-c2nc(-c3cccc(OC)c3OC)sc2C)c1C. The third-order valence-electron chi connectivity index (χ3n) is 4.58. The van der Waals surface area contributed by atoms with Crippen LogP contribution in [0.2, 0.25) is 0 Å². The number of hydrogen-bond acceptors (Lipinski definition) is 6. The van der Waals surface area contributed by atoms with Gasteiger partial charge in [0.2, 0.25) is 0 Å². The van der Waals surface area contributed by atoms with Crippen LogP contribution in [0, 0.1) is 20.8 Å².